The number of benzene rings is 2. The first-order valence-electron chi connectivity index (χ1n) is 9.34. The molecule has 0 saturated carbocycles. The predicted molar refractivity (Wildman–Crippen MR) is 112 cm³/mol. The Kier molecular flexibility index (Phi) is 3.75. The Morgan fingerprint density at radius 2 is 1.79 bits per heavy atom. The number of para-hydroxylation sites is 2. The van der Waals surface area contributed by atoms with Crippen molar-refractivity contribution >= 4 is 39.4 Å². The van der Waals surface area contributed by atoms with Crippen molar-refractivity contribution in [2.45, 2.75) is 0 Å². The third kappa shape index (κ3) is 2.67. The summed E-state index contributed by atoms with van der Waals surface area (Å²) in [5.41, 5.74) is 10.5. The van der Waals surface area contributed by atoms with E-state index in [0.717, 1.165) is 48.5 Å². The molecule has 1 aliphatic rings. The first-order valence-corrected chi connectivity index (χ1v) is 9.34. The summed E-state index contributed by atoms with van der Waals surface area (Å²) < 4.78 is 7.84. The smallest absolute Gasteiger partial charge is 0.298 e. The molecule has 0 bridgehead atoms. The van der Waals surface area contributed by atoms with Gasteiger partial charge in [0.25, 0.3) is 6.01 Å². The zero-order valence-electron chi connectivity index (χ0n) is 15.6. The lowest BCUT2D eigenvalue weighted by molar-refractivity contribution is 0.542. The fourth-order valence-corrected chi connectivity index (χ4v) is 3.84. The summed E-state index contributed by atoms with van der Waals surface area (Å²) in [6, 6.07) is 13.8. The molecular formula is C21H21N5O2. The number of nitrogen functional groups attached to an aromatic ring is 1. The molecule has 2 aromatic carbocycles. The van der Waals surface area contributed by atoms with Crippen LogP contribution >= 0.6 is 0 Å². The highest BCUT2D eigenvalue weighted by atomic mass is 16.4. The van der Waals surface area contributed by atoms with E-state index in [1.165, 1.54) is 0 Å². The number of hydrogen-bond donors (Lipinski definition) is 1. The molecule has 5 rings (SSSR count). The Hall–Kier alpha value is -3.48. The van der Waals surface area contributed by atoms with Crippen molar-refractivity contribution in [3.05, 3.63) is 58.9 Å². The molecule has 28 heavy (non-hydrogen) atoms. The molecule has 3 heterocycles. The van der Waals surface area contributed by atoms with E-state index in [0.29, 0.717) is 17.1 Å². The fraction of sp³-hybridized carbons (Fsp3) is 0.238. The second-order valence-electron chi connectivity index (χ2n) is 7.16. The summed E-state index contributed by atoms with van der Waals surface area (Å²) in [4.78, 5) is 21.1. The van der Waals surface area contributed by atoms with Crippen molar-refractivity contribution in [3.8, 4) is 0 Å². The van der Waals surface area contributed by atoms with E-state index in [4.69, 9.17) is 10.2 Å². The predicted octanol–water partition coefficient (Wildman–Crippen LogP) is 2.59. The fourth-order valence-electron chi connectivity index (χ4n) is 3.84. The number of pyridine rings is 1. The summed E-state index contributed by atoms with van der Waals surface area (Å²) in [5.74, 6) is 0. The van der Waals surface area contributed by atoms with Crippen LogP contribution < -0.4 is 21.0 Å². The number of aryl methyl sites for hydroxylation is 1. The normalized spacial score (nSPS) is 14.9. The molecule has 0 unspecified atom stereocenters. The topological polar surface area (TPSA) is 80.5 Å². The molecule has 0 radical (unpaired) electrons. The van der Waals surface area contributed by atoms with E-state index in [-0.39, 0.29) is 5.43 Å². The first kappa shape index (κ1) is 16.7. The average Bonchev–Trinajstić information content (AvgIpc) is 3.15. The number of nitrogens with zero attached hydrogens (tertiary/aromatic N) is 4. The van der Waals surface area contributed by atoms with Crippen molar-refractivity contribution in [2.75, 3.05) is 41.7 Å². The van der Waals surface area contributed by atoms with E-state index in [9.17, 15) is 4.79 Å². The van der Waals surface area contributed by atoms with Crippen molar-refractivity contribution in [1.82, 2.24) is 9.55 Å². The minimum absolute atomic E-state index is 0.00729. The summed E-state index contributed by atoms with van der Waals surface area (Å²) in [7, 11) is 1.94. The molecule has 1 saturated heterocycles. The number of nitrogens with two attached hydrogens (primary N) is 1. The van der Waals surface area contributed by atoms with Crippen LogP contribution in [-0.2, 0) is 7.05 Å². The van der Waals surface area contributed by atoms with Gasteiger partial charge in [-0.15, -0.1) is 0 Å². The van der Waals surface area contributed by atoms with Crippen LogP contribution in [0.2, 0.25) is 0 Å². The maximum atomic E-state index is 12.1. The maximum absolute atomic E-state index is 12.1. The van der Waals surface area contributed by atoms with Gasteiger partial charge in [-0.3, -0.25) is 4.79 Å². The lowest BCUT2D eigenvalue weighted by Crippen LogP contribution is -2.46. The van der Waals surface area contributed by atoms with Crippen LogP contribution in [0.15, 0.2) is 57.9 Å². The lowest BCUT2D eigenvalue weighted by Gasteiger charge is -2.36. The van der Waals surface area contributed by atoms with Crippen LogP contribution in [0.25, 0.3) is 22.0 Å². The summed E-state index contributed by atoms with van der Waals surface area (Å²) >= 11 is 0. The Bertz CT molecular complexity index is 1200. The minimum atomic E-state index is -0.00729. The number of piperazine rings is 1. The van der Waals surface area contributed by atoms with E-state index < -0.39 is 0 Å². The van der Waals surface area contributed by atoms with E-state index in [2.05, 4.69) is 14.8 Å². The molecular weight excluding hydrogens is 354 g/mol. The van der Waals surface area contributed by atoms with Crippen LogP contribution in [0.4, 0.5) is 17.4 Å². The van der Waals surface area contributed by atoms with Crippen molar-refractivity contribution in [2.24, 2.45) is 7.05 Å². The summed E-state index contributed by atoms with van der Waals surface area (Å²) in [5, 5.41) is 0.649. The molecule has 7 heteroatoms. The Labute approximate surface area is 161 Å². The zero-order valence-corrected chi connectivity index (χ0v) is 15.6. The van der Waals surface area contributed by atoms with Gasteiger partial charge in [0, 0.05) is 50.9 Å². The largest absolute Gasteiger partial charge is 0.423 e. The van der Waals surface area contributed by atoms with E-state index >= 15 is 0 Å². The van der Waals surface area contributed by atoms with Gasteiger partial charge >= 0.3 is 0 Å². The highest BCUT2D eigenvalue weighted by molar-refractivity contribution is 5.89. The van der Waals surface area contributed by atoms with Gasteiger partial charge in [-0.1, -0.05) is 12.1 Å². The third-order valence-electron chi connectivity index (χ3n) is 5.41. The number of hydrogen-bond acceptors (Lipinski definition) is 6. The zero-order chi connectivity index (χ0) is 19.3. The quantitative estimate of drug-likeness (QED) is 0.543. The number of oxazole rings is 1. The van der Waals surface area contributed by atoms with Crippen molar-refractivity contribution < 1.29 is 4.42 Å². The molecule has 4 aromatic rings. The van der Waals surface area contributed by atoms with Gasteiger partial charge in [0.1, 0.15) is 5.52 Å². The second kappa shape index (κ2) is 6.30. The molecule has 142 valence electrons. The van der Waals surface area contributed by atoms with Crippen molar-refractivity contribution in [3.63, 3.8) is 0 Å². The molecule has 2 aromatic heterocycles. The summed E-state index contributed by atoms with van der Waals surface area (Å²) in [6.07, 6.45) is 1.79. The molecule has 0 amide bonds. The van der Waals surface area contributed by atoms with E-state index in [1.807, 2.05) is 41.9 Å². The van der Waals surface area contributed by atoms with Crippen LogP contribution in [0.3, 0.4) is 0 Å². The highest BCUT2D eigenvalue weighted by Gasteiger charge is 2.23. The molecule has 1 aliphatic heterocycles. The Morgan fingerprint density at radius 1 is 1.04 bits per heavy atom. The molecule has 1 fully saturated rings. The average molecular weight is 375 g/mol. The van der Waals surface area contributed by atoms with E-state index in [1.54, 1.807) is 18.3 Å². The SMILES string of the molecule is Cn1ccc(=O)c2cc(N)c(N3CCN(c4nc5ccccc5o4)CC3)cc21. The van der Waals surface area contributed by atoms with Crippen LogP contribution in [0, 0.1) is 0 Å². The Balaban J connectivity index is 1.41. The maximum Gasteiger partial charge on any atom is 0.298 e. The summed E-state index contributed by atoms with van der Waals surface area (Å²) in [6.45, 7) is 3.18. The highest BCUT2D eigenvalue weighted by Crippen LogP contribution is 2.30. The van der Waals surface area contributed by atoms with Gasteiger partial charge < -0.3 is 24.5 Å². The lowest BCUT2D eigenvalue weighted by atomic mass is 10.1. The van der Waals surface area contributed by atoms with Crippen LogP contribution in [-0.4, -0.2) is 35.7 Å². The molecule has 0 aliphatic carbocycles. The first-order chi connectivity index (χ1) is 13.6. The molecule has 0 atom stereocenters. The molecule has 2 N–H and O–H groups in total. The van der Waals surface area contributed by atoms with Gasteiger partial charge in [-0.2, -0.15) is 4.98 Å². The molecule has 7 nitrogen and oxygen atoms in total. The standard InChI is InChI=1S/C21H21N5O2/c1-24-7-6-19(27)14-12-15(22)18(13-17(14)24)25-8-10-26(11-9-25)21-23-16-4-2-3-5-20(16)28-21/h2-7,12-13H,8-11,22H2,1H3. The van der Waals surface area contributed by atoms with Crippen LogP contribution in [0.5, 0.6) is 0 Å². The van der Waals surface area contributed by atoms with Crippen molar-refractivity contribution in [1.29, 1.82) is 0 Å². The van der Waals surface area contributed by atoms with Gasteiger partial charge in [-0.25, -0.2) is 0 Å². The van der Waals surface area contributed by atoms with Gasteiger partial charge in [-0.05, 0) is 24.3 Å². The monoisotopic (exact) mass is 375 g/mol. The molecule has 0 spiro atoms. The Morgan fingerprint density at radius 3 is 2.57 bits per heavy atom. The van der Waals surface area contributed by atoms with Gasteiger partial charge in [0.2, 0.25) is 0 Å². The number of fused-ring (bicyclic) bond motifs is 2. The minimum Gasteiger partial charge on any atom is -0.423 e. The third-order valence-corrected chi connectivity index (χ3v) is 5.41. The van der Waals surface area contributed by atoms with Gasteiger partial charge in [0.05, 0.1) is 16.9 Å². The number of aromatic nitrogens is 2. The van der Waals surface area contributed by atoms with Gasteiger partial charge in [0.15, 0.2) is 11.0 Å². The van der Waals surface area contributed by atoms with Crippen LogP contribution in [0.1, 0.15) is 0 Å². The number of rotatable bonds is 2. The number of anilines is 3. The second-order valence-corrected chi connectivity index (χ2v) is 7.16.